The van der Waals surface area contributed by atoms with Gasteiger partial charge in [0.25, 0.3) is 5.13 Å². The third-order valence-electron chi connectivity index (χ3n) is 5.46. The fraction of sp³-hybridized carbons (Fsp3) is 0.571. The standard InChI is InChI=1S/C21H27F3N6O4S2/c1-5-9-34-19(31)18-26-28-20(35-18)27-25-15-10-13-7-8-14(6-2)30(12(3)4)17(13)11-16(15)29-36(32,33)21(22,23)24/h10-12,14,29H,5-9H2,1-4H3. The molecule has 36 heavy (non-hydrogen) atoms. The fourth-order valence-corrected chi connectivity index (χ4v) is 5.01. The van der Waals surface area contributed by atoms with Crippen molar-refractivity contribution in [1.29, 1.82) is 0 Å². The Kier molecular flexibility index (Phi) is 8.54. The molecule has 1 unspecified atom stereocenters. The van der Waals surface area contributed by atoms with Gasteiger partial charge in [-0.05, 0) is 57.2 Å². The molecule has 0 aliphatic carbocycles. The predicted octanol–water partition coefficient (Wildman–Crippen LogP) is 5.72. The molecule has 198 valence electrons. The van der Waals surface area contributed by atoms with Crippen molar-refractivity contribution in [2.24, 2.45) is 10.2 Å². The zero-order chi connectivity index (χ0) is 26.7. The maximum atomic E-state index is 13.2. The van der Waals surface area contributed by atoms with Gasteiger partial charge >= 0.3 is 21.5 Å². The lowest BCUT2D eigenvalue weighted by Gasteiger charge is -2.42. The van der Waals surface area contributed by atoms with Crippen molar-refractivity contribution >= 4 is 49.5 Å². The van der Waals surface area contributed by atoms with Crippen LogP contribution in [-0.2, 0) is 21.2 Å². The minimum absolute atomic E-state index is 0.0285. The van der Waals surface area contributed by atoms with Crippen molar-refractivity contribution in [3.05, 3.63) is 22.7 Å². The number of alkyl halides is 3. The summed E-state index contributed by atoms with van der Waals surface area (Å²) in [5.41, 5.74) is -4.57. The van der Waals surface area contributed by atoms with Gasteiger partial charge in [-0.2, -0.15) is 21.6 Å². The maximum absolute atomic E-state index is 13.2. The first-order valence-corrected chi connectivity index (χ1v) is 13.6. The highest BCUT2D eigenvalue weighted by molar-refractivity contribution is 7.93. The summed E-state index contributed by atoms with van der Waals surface area (Å²) >= 11 is 0.786. The summed E-state index contributed by atoms with van der Waals surface area (Å²) < 4.78 is 69.9. The van der Waals surface area contributed by atoms with Crippen molar-refractivity contribution in [2.45, 2.75) is 71.0 Å². The van der Waals surface area contributed by atoms with Crippen molar-refractivity contribution in [1.82, 2.24) is 10.2 Å². The second-order valence-electron chi connectivity index (χ2n) is 8.38. The van der Waals surface area contributed by atoms with Crippen molar-refractivity contribution in [3.8, 4) is 0 Å². The number of carbonyl (C=O) groups excluding carboxylic acids is 1. The van der Waals surface area contributed by atoms with E-state index in [-0.39, 0.29) is 40.2 Å². The summed E-state index contributed by atoms with van der Waals surface area (Å²) in [6, 6.07) is 3.07. The van der Waals surface area contributed by atoms with E-state index >= 15 is 0 Å². The first-order valence-electron chi connectivity index (χ1n) is 11.3. The molecular weight excluding hydrogens is 521 g/mol. The van der Waals surface area contributed by atoms with E-state index < -0.39 is 21.5 Å². The molecule has 3 rings (SSSR count). The van der Waals surface area contributed by atoms with E-state index in [0.717, 1.165) is 29.7 Å². The summed E-state index contributed by atoms with van der Waals surface area (Å²) in [4.78, 5) is 14.0. The molecule has 0 fully saturated rings. The average molecular weight is 549 g/mol. The van der Waals surface area contributed by atoms with Crippen LogP contribution in [0.4, 0.5) is 35.4 Å². The second-order valence-corrected chi connectivity index (χ2v) is 11.0. The van der Waals surface area contributed by atoms with Crippen molar-refractivity contribution in [2.75, 3.05) is 16.2 Å². The van der Waals surface area contributed by atoms with Crippen LogP contribution in [0.3, 0.4) is 0 Å². The normalized spacial score (nSPS) is 16.4. The second kappa shape index (κ2) is 11.1. The van der Waals surface area contributed by atoms with Crippen molar-refractivity contribution < 1.29 is 31.1 Å². The topological polar surface area (TPSA) is 126 Å². The van der Waals surface area contributed by atoms with Gasteiger partial charge < -0.3 is 9.64 Å². The van der Waals surface area contributed by atoms with Gasteiger partial charge in [-0.15, -0.1) is 20.4 Å². The van der Waals surface area contributed by atoms with Crippen LogP contribution in [0.2, 0.25) is 0 Å². The molecule has 1 aromatic heterocycles. The first kappa shape index (κ1) is 27.8. The Morgan fingerprint density at radius 1 is 1.28 bits per heavy atom. The van der Waals surface area contributed by atoms with Crippen LogP contribution in [0.1, 0.15) is 62.3 Å². The van der Waals surface area contributed by atoms with Crippen LogP contribution in [0, 0.1) is 0 Å². The lowest BCUT2D eigenvalue weighted by Crippen LogP contribution is -2.43. The van der Waals surface area contributed by atoms with Gasteiger partial charge in [0.15, 0.2) is 0 Å². The third kappa shape index (κ3) is 6.11. The van der Waals surface area contributed by atoms with Gasteiger partial charge in [-0.3, -0.25) is 4.72 Å². The minimum Gasteiger partial charge on any atom is -0.460 e. The number of carbonyl (C=O) groups is 1. The zero-order valence-electron chi connectivity index (χ0n) is 20.2. The number of halogens is 3. The van der Waals surface area contributed by atoms with E-state index in [1.165, 1.54) is 12.1 Å². The number of ether oxygens (including phenoxy) is 1. The molecular formula is C21H27F3N6O4S2. The SMILES string of the molecule is CCCOC(=O)c1nnc(N=Nc2cc3c(cc2NS(=O)(=O)C(F)(F)F)N(C(C)C)C(CC)CC3)s1. The molecule has 0 bridgehead atoms. The number of sulfonamides is 1. The molecule has 0 saturated heterocycles. The molecule has 0 radical (unpaired) electrons. The number of anilines is 2. The van der Waals surface area contributed by atoms with Crippen LogP contribution < -0.4 is 9.62 Å². The Hall–Kier alpha value is -2.81. The summed E-state index contributed by atoms with van der Waals surface area (Å²) in [6.07, 6.45) is 2.91. The van der Waals surface area contributed by atoms with Gasteiger partial charge in [-0.25, -0.2) is 4.79 Å². The monoisotopic (exact) mass is 548 g/mol. The molecule has 1 aromatic carbocycles. The number of aromatic nitrogens is 2. The number of hydrogen-bond acceptors (Lipinski definition) is 10. The predicted molar refractivity (Wildman–Crippen MR) is 130 cm³/mol. The molecule has 2 aromatic rings. The Labute approximate surface area is 211 Å². The molecule has 2 heterocycles. The van der Waals surface area contributed by atoms with Gasteiger partial charge in [-0.1, -0.05) is 25.2 Å². The highest BCUT2D eigenvalue weighted by Crippen LogP contribution is 2.42. The molecule has 0 saturated carbocycles. The van der Waals surface area contributed by atoms with E-state index in [1.54, 1.807) is 4.72 Å². The number of azo groups is 1. The Morgan fingerprint density at radius 3 is 2.61 bits per heavy atom. The molecule has 1 N–H and O–H groups in total. The van der Waals surface area contributed by atoms with Gasteiger partial charge in [0.05, 0.1) is 12.3 Å². The molecule has 1 aliphatic heterocycles. The molecule has 0 spiro atoms. The van der Waals surface area contributed by atoms with Crippen LogP contribution >= 0.6 is 11.3 Å². The molecule has 1 atom stereocenters. The minimum atomic E-state index is -5.71. The van der Waals surface area contributed by atoms with E-state index in [1.807, 2.05) is 27.7 Å². The van der Waals surface area contributed by atoms with Gasteiger partial charge in [0, 0.05) is 17.8 Å². The number of rotatable bonds is 9. The lowest BCUT2D eigenvalue weighted by atomic mass is 9.92. The number of benzene rings is 1. The summed E-state index contributed by atoms with van der Waals surface area (Å²) in [7, 11) is -5.71. The number of hydrogen-bond donors (Lipinski definition) is 1. The van der Waals surface area contributed by atoms with E-state index in [9.17, 15) is 26.4 Å². The summed E-state index contributed by atoms with van der Waals surface area (Å²) in [5, 5.41) is 15.2. The highest BCUT2D eigenvalue weighted by Gasteiger charge is 2.46. The molecule has 1 aliphatic rings. The molecule has 15 heteroatoms. The highest BCUT2D eigenvalue weighted by atomic mass is 32.2. The quantitative estimate of drug-likeness (QED) is 0.314. The number of nitrogens with zero attached hydrogens (tertiary/aromatic N) is 5. The van der Waals surface area contributed by atoms with Gasteiger partial charge in [0.2, 0.25) is 5.01 Å². The largest absolute Gasteiger partial charge is 0.516 e. The van der Waals surface area contributed by atoms with Crippen LogP contribution in [0.25, 0.3) is 0 Å². The van der Waals surface area contributed by atoms with E-state index in [2.05, 4.69) is 25.3 Å². The smallest absolute Gasteiger partial charge is 0.460 e. The average Bonchev–Trinajstić information content (AvgIpc) is 3.28. The maximum Gasteiger partial charge on any atom is 0.516 e. The zero-order valence-corrected chi connectivity index (χ0v) is 21.8. The van der Waals surface area contributed by atoms with Crippen LogP contribution in [-0.4, -0.2) is 48.8 Å². The molecule has 0 amide bonds. The first-order chi connectivity index (χ1) is 16.9. The van der Waals surface area contributed by atoms with E-state index in [4.69, 9.17) is 4.74 Å². The number of fused-ring (bicyclic) bond motifs is 1. The van der Waals surface area contributed by atoms with Gasteiger partial charge in [0.1, 0.15) is 5.69 Å². The number of aryl methyl sites for hydroxylation is 1. The Bertz CT molecular complexity index is 1230. The number of esters is 1. The molecule has 10 nitrogen and oxygen atoms in total. The fourth-order valence-electron chi connectivity index (χ4n) is 3.88. The summed E-state index contributed by atoms with van der Waals surface area (Å²) in [6.45, 7) is 7.99. The third-order valence-corrected chi connectivity index (χ3v) is 7.35. The van der Waals surface area contributed by atoms with Crippen LogP contribution in [0.5, 0.6) is 0 Å². The van der Waals surface area contributed by atoms with Crippen molar-refractivity contribution in [3.63, 3.8) is 0 Å². The van der Waals surface area contributed by atoms with E-state index in [0.29, 0.717) is 18.5 Å². The Morgan fingerprint density at radius 2 is 2.00 bits per heavy atom. The summed E-state index contributed by atoms with van der Waals surface area (Å²) in [5.74, 6) is -0.678. The van der Waals surface area contributed by atoms with Crippen LogP contribution in [0.15, 0.2) is 22.4 Å². The number of nitrogens with one attached hydrogen (secondary N) is 1. The lowest BCUT2D eigenvalue weighted by molar-refractivity contribution is -0.0429. The Balaban J connectivity index is 2.03.